The van der Waals surface area contributed by atoms with Gasteiger partial charge in [0.2, 0.25) is 13.6 Å². The number of rotatable bonds is 48. The van der Waals surface area contributed by atoms with E-state index in [0.29, 0.717) is 174 Å². The molecule has 0 saturated carbocycles. The number of fused-ring (bicyclic) bond motifs is 4. The zero-order chi connectivity index (χ0) is 64.4. The van der Waals surface area contributed by atoms with Crippen molar-refractivity contribution in [2.75, 3.05) is 195 Å². The highest BCUT2D eigenvalue weighted by molar-refractivity contribution is 14.1. The number of anilines is 2. The molecule has 92 heavy (non-hydrogen) atoms. The first kappa shape index (κ1) is 79.1. The van der Waals surface area contributed by atoms with E-state index in [-0.39, 0.29) is 21.0 Å². The zero-order valence-corrected chi connectivity index (χ0v) is 59.1. The van der Waals surface area contributed by atoms with Gasteiger partial charge in [-0.3, -0.25) is 0 Å². The van der Waals surface area contributed by atoms with E-state index < -0.39 is 0 Å². The highest BCUT2D eigenvalue weighted by Crippen LogP contribution is 2.43. The Balaban J connectivity index is 0.000000275. The van der Waals surface area contributed by atoms with Gasteiger partial charge in [-0.2, -0.15) is 0 Å². The number of halogens is 3. The van der Waals surface area contributed by atoms with Crippen LogP contribution < -0.4 is 52.9 Å². The summed E-state index contributed by atoms with van der Waals surface area (Å²) >= 11 is 11.2. The van der Waals surface area contributed by atoms with Crippen molar-refractivity contribution >= 4 is 119 Å². The number of alkyl halides is 1. The van der Waals surface area contributed by atoms with Gasteiger partial charge in [0, 0.05) is 61.8 Å². The van der Waals surface area contributed by atoms with Gasteiger partial charge >= 0.3 is 0 Å². The Hall–Kier alpha value is -3.58. The number of aryl methyl sites for hydroxylation is 2. The SMILES string of the molecule is C.NCCCOCCOCCOCCOCCOCCCN.NCCCOCCOCCOCCOCCOCCCNCCCn1c(Sc2cc3c(cc2I)OCO3)nc2c(N)ncnc21.Nc1ncnc2c1nc(Sc1cc3c(cc1I)OCO3)n2CCCBr. The number of aromatic nitrogens is 8. The molecule has 2 aliphatic rings. The number of ether oxygens (including phenoxy) is 14. The van der Waals surface area contributed by atoms with Gasteiger partial charge in [0.05, 0.1) is 106 Å². The number of nitrogens with two attached hydrogens (primary N) is 5. The lowest BCUT2D eigenvalue weighted by Gasteiger charge is -2.11. The molecule has 516 valence electrons. The number of hydrogen-bond donors (Lipinski definition) is 6. The highest BCUT2D eigenvalue weighted by atomic mass is 127. The molecular weight excluding hydrogens is 1530 g/mol. The minimum Gasteiger partial charge on any atom is -0.454 e. The Morgan fingerprint density at radius 1 is 0.446 bits per heavy atom. The summed E-state index contributed by atoms with van der Waals surface area (Å²) in [5.74, 6) is 3.79. The van der Waals surface area contributed by atoms with Crippen molar-refractivity contribution in [3.63, 3.8) is 0 Å². The van der Waals surface area contributed by atoms with Gasteiger partial charge < -0.3 is 109 Å². The molecule has 11 N–H and O–H groups in total. The monoisotopic (exact) mass is 1620 g/mol. The molecule has 0 saturated heterocycles. The molecule has 0 bridgehead atoms. The average molecular weight is 1620 g/mol. The highest BCUT2D eigenvalue weighted by Gasteiger charge is 2.23. The second-order valence-electron chi connectivity index (χ2n) is 19.5. The second-order valence-corrected chi connectivity index (χ2v) is 24.6. The molecule has 0 spiro atoms. The van der Waals surface area contributed by atoms with Crippen LogP contribution >= 0.6 is 84.6 Å². The van der Waals surface area contributed by atoms with Gasteiger partial charge in [0.1, 0.15) is 12.7 Å². The third-order valence-corrected chi connectivity index (χ3v) is 17.8. The van der Waals surface area contributed by atoms with Gasteiger partial charge in [-0.25, -0.2) is 29.9 Å². The summed E-state index contributed by atoms with van der Waals surface area (Å²) in [6, 6.07) is 7.93. The Labute approximate surface area is 583 Å². The predicted octanol–water partition coefficient (Wildman–Crippen LogP) is 6.78. The van der Waals surface area contributed by atoms with Crippen LogP contribution in [-0.4, -0.2) is 223 Å². The third-order valence-electron chi connectivity index (χ3n) is 12.7. The maximum absolute atomic E-state index is 6.13. The molecule has 0 atom stereocenters. The van der Waals surface area contributed by atoms with E-state index in [1.807, 2.05) is 24.3 Å². The second kappa shape index (κ2) is 49.0. The molecule has 0 fully saturated rings. The fourth-order valence-electron chi connectivity index (χ4n) is 8.10. The van der Waals surface area contributed by atoms with Crippen LogP contribution in [0.1, 0.15) is 46.0 Å². The average Bonchev–Trinajstić information content (AvgIpc) is 1.79. The summed E-state index contributed by atoms with van der Waals surface area (Å²) in [5, 5.41) is 6.03. The van der Waals surface area contributed by atoms with Crippen LogP contribution in [0.25, 0.3) is 22.3 Å². The van der Waals surface area contributed by atoms with Crippen LogP contribution in [0.5, 0.6) is 23.0 Å². The molecule has 2 aromatic carbocycles. The first-order valence-electron chi connectivity index (χ1n) is 30.4. The van der Waals surface area contributed by atoms with Crippen LogP contribution in [0.2, 0.25) is 0 Å². The van der Waals surface area contributed by atoms with Crippen LogP contribution in [-0.2, 0) is 60.5 Å². The molecule has 33 heteroatoms. The van der Waals surface area contributed by atoms with Crippen molar-refractivity contribution in [3.8, 4) is 23.0 Å². The number of nitrogens with zero attached hydrogens (tertiary/aromatic N) is 8. The largest absolute Gasteiger partial charge is 0.454 e. The number of benzene rings is 2. The number of imidazole rings is 2. The van der Waals surface area contributed by atoms with E-state index in [1.54, 1.807) is 23.5 Å². The van der Waals surface area contributed by atoms with E-state index in [4.69, 9.17) is 100.0 Å². The standard InChI is InChI=1S/C29H44IN7O7S.C15H13BrIN5O2S.C14H32N2O5.CH4/c30-22-18-23-24(44-21-43-23)19-25(22)45-29-36-26-27(32)34-20-35-28(26)37(29)7-2-5-33-6-3-9-39-11-13-41-15-17-42-16-14-40-12-10-38-8-1-4-31;16-2-1-3-22-14-12(13(18)19-6-20-14)21-15(22)25-11-5-10-9(4-8(11)17)23-7-24-10;15-3-1-5-17-7-9-19-11-13-21-14-12-20-10-8-18-6-2-4-16;/h18-20,33H,1-17,21,31H2,(H2,32,34,35);4-6H,1-3,7H2,(H2,18,19,20);1-16H2;1H4. The Morgan fingerprint density at radius 3 is 1.11 bits per heavy atom. The Bertz CT molecular complexity index is 2940. The maximum atomic E-state index is 6.13. The minimum absolute atomic E-state index is 0. The molecule has 28 nitrogen and oxygen atoms in total. The van der Waals surface area contributed by atoms with Gasteiger partial charge in [0.15, 0.2) is 67.3 Å². The molecule has 8 rings (SSSR count). The molecule has 2 aliphatic heterocycles. The van der Waals surface area contributed by atoms with Gasteiger partial charge in [-0.1, -0.05) is 46.9 Å². The fraction of sp³-hybridized carbons (Fsp3) is 0.627. The minimum atomic E-state index is 0. The van der Waals surface area contributed by atoms with Gasteiger partial charge in [-0.05, 0) is 141 Å². The number of nitrogen functional groups attached to an aromatic ring is 2. The summed E-state index contributed by atoms with van der Waals surface area (Å²) in [6.45, 7) is 17.6. The summed E-state index contributed by atoms with van der Waals surface area (Å²) in [7, 11) is 0. The molecule has 6 heterocycles. The van der Waals surface area contributed by atoms with Gasteiger partial charge in [0.25, 0.3) is 0 Å². The molecular formula is C59H93BrI2N14O14S2. The van der Waals surface area contributed by atoms with Crippen LogP contribution in [0, 0.1) is 7.14 Å². The summed E-state index contributed by atoms with van der Waals surface area (Å²) in [6.07, 6.45) is 8.38. The molecule has 6 aromatic rings. The van der Waals surface area contributed by atoms with Crippen molar-refractivity contribution < 1.29 is 66.3 Å². The lowest BCUT2D eigenvalue weighted by Crippen LogP contribution is -2.20. The topological polar surface area (TPSA) is 359 Å². The van der Waals surface area contributed by atoms with Crippen LogP contribution in [0.15, 0.2) is 57.0 Å². The van der Waals surface area contributed by atoms with Crippen molar-refractivity contribution in [2.24, 2.45) is 17.2 Å². The predicted molar refractivity (Wildman–Crippen MR) is 375 cm³/mol. The lowest BCUT2D eigenvalue weighted by molar-refractivity contribution is -0.0111. The van der Waals surface area contributed by atoms with E-state index >= 15 is 0 Å². The van der Waals surface area contributed by atoms with E-state index in [1.165, 1.54) is 12.7 Å². The van der Waals surface area contributed by atoms with Crippen molar-refractivity contribution in [2.45, 2.75) is 79.1 Å². The number of nitrogens with one attached hydrogen (secondary N) is 1. The Morgan fingerprint density at radius 2 is 0.761 bits per heavy atom. The van der Waals surface area contributed by atoms with E-state index in [2.05, 4.69) is 100 Å². The lowest BCUT2D eigenvalue weighted by atomic mass is 10.3. The quantitative estimate of drug-likeness (QED) is 0.0130. The molecule has 4 aromatic heterocycles. The molecule has 0 aliphatic carbocycles. The molecule has 0 amide bonds. The number of hydrogen-bond acceptors (Lipinski definition) is 28. The van der Waals surface area contributed by atoms with Crippen LogP contribution in [0.3, 0.4) is 0 Å². The fourth-order valence-corrected chi connectivity index (χ4v) is 11.8. The van der Waals surface area contributed by atoms with E-state index in [9.17, 15) is 0 Å². The van der Waals surface area contributed by atoms with Crippen LogP contribution in [0.4, 0.5) is 11.6 Å². The van der Waals surface area contributed by atoms with E-state index in [0.717, 1.165) is 132 Å². The van der Waals surface area contributed by atoms with Crippen molar-refractivity contribution in [1.29, 1.82) is 0 Å². The molecule has 0 unspecified atom stereocenters. The van der Waals surface area contributed by atoms with Gasteiger partial charge in [-0.15, -0.1) is 0 Å². The normalized spacial score (nSPS) is 12.2. The smallest absolute Gasteiger partial charge is 0.231 e. The Kier molecular flexibility index (Phi) is 42.1. The third kappa shape index (κ3) is 29.4. The summed E-state index contributed by atoms with van der Waals surface area (Å²) in [5.41, 5.74) is 30.9. The summed E-state index contributed by atoms with van der Waals surface area (Å²) < 4.78 is 82.5. The maximum Gasteiger partial charge on any atom is 0.231 e. The van der Waals surface area contributed by atoms with Crippen molar-refractivity contribution in [1.82, 2.24) is 44.4 Å². The zero-order valence-electron chi connectivity index (χ0n) is 51.6. The molecule has 0 radical (unpaired) electrons. The van der Waals surface area contributed by atoms with Crippen molar-refractivity contribution in [3.05, 3.63) is 44.1 Å². The first-order valence-corrected chi connectivity index (χ1v) is 35.3. The first-order chi connectivity index (χ1) is 44.8. The summed E-state index contributed by atoms with van der Waals surface area (Å²) in [4.78, 5) is 28.6.